The van der Waals surface area contributed by atoms with E-state index < -0.39 is 10.0 Å². The SMILES string of the molecule is COc1cccc2c1OCC(C(=O)N1CCC(CNS(C)(=O)=O)CC1)C2. The number of likely N-dealkylation sites (tertiary alicyclic amines) is 1. The number of carbonyl (C=O) groups is 1. The smallest absolute Gasteiger partial charge is 0.229 e. The zero-order chi connectivity index (χ0) is 18.7. The quantitative estimate of drug-likeness (QED) is 0.822. The van der Waals surface area contributed by atoms with Gasteiger partial charge in [-0.2, -0.15) is 0 Å². The molecule has 2 aliphatic rings. The highest BCUT2D eigenvalue weighted by Gasteiger charge is 2.32. The summed E-state index contributed by atoms with van der Waals surface area (Å²) in [4.78, 5) is 14.7. The van der Waals surface area contributed by atoms with Crippen molar-refractivity contribution >= 4 is 15.9 Å². The lowest BCUT2D eigenvalue weighted by molar-refractivity contribution is -0.138. The fourth-order valence-corrected chi connectivity index (χ4v) is 4.14. The Labute approximate surface area is 154 Å². The number of hydrogen-bond acceptors (Lipinski definition) is 5. The minimum Gasteiger partial charge on any atom is -0.493 e. The van der Waals surface area contributed by atoms with Gasteiger partial charge in [-0.3, -0.25) is 4.79 Å². The Morgan fingerprint density at radius 3 is 2.73 bits per heavy atom. The third-order valence-electron chi connectivity index (χ3n) is 5.09. The minimum atomic E-state index is -3.16. The van der Waals surface area contributed by atoms with E-state index in [0.717, 1.165) is 24.2 Å². The Morgan fingerprint density at radius 2 is 2.08 bits per heavy atom. The highest BCUT2D eigenvalue weighted by molar-refractivity contribution is 7.88. The molecular formula is C18H26N2O5S. The number of hydrogen-bond donors (Lipinski definition) is 1. The van der Waals surface area contributed by atoms with Gasteiger partial charge in [0.15, 0.2) is 11.5 Å². The van der Waals surface area contributed by atoms with Gasteiger partial charge in [0.25, 0.3) is 0 Å². The molecule has 1 aromatic rings. The molecule has 0 aliphatic carbocycles. The molecule has 7 nitrogen and oxygen atoms in total. The van der Waals surface area contributed by atoms with Crippen molar-refractivity contribution in [2.75, 3.05) is 39.6 Å². The molecule has 1 amide bonds. The standard InChI is InChI=1S/C18H26N2O5S/c1-24-16-5-3-4-14-10-15(12-25-17(14)16)18(21)20-8-6-13(7-9-20)11-19-26(2,22)23/h3-5,13,15,19H,6-12H2,1-2H3. The van der Waals surface area contributed by atoms with E-state index in [0.29, 0.717) is 38.4 Å². The molecule has 1 saturated heterocycles. The first-order chi connectivity index (χ1) is 12.4. The first kappa shape index (κ1) is 19.0. The maximum absolute atomic E-state index is 12.8. The van der Waals surface area contributed by atoms with Crippen LogP contribution in [-0.2, 0) is 21.2 Å². The summed E-state index contributed by atoms with van der Waals surface area (Å²) in [6, 6.07) is 5.74. The van der Waals surface area contributed by atoms with Gasteiger partial charge in [0.1, 0.15) is 6.61 Å². The van der Waals surface area contributed by atoms with Crippen molar-refractivity contribution in [1.29, 1.82) is 0 Å². The van der Waals surface area contributed by atoms with Gasteiger partial charge >= 0.3 is 0 Å². The van der Waals surface area contributed by atoms with Gasteiger partial charge in [0.05, 0.1) is 19.3 Å². The largest absolute Gasteiger partial charge is 0.493 e. The predicted molar refractivity (Wildman–Crippen MR) is 97.8 cm³/mol. The van der Waals surface area contributed by atoms with Gasteiger partial charge < -0.3 is 14.4 Å². The van der Waals surface area contributed by atoms with Crippen molar-refractivity contribution in [2.24, 2.45) is 11.8 Å². The molecule has 2 heterocycles. The molecule has 1 atom stereocenters. The monoisotopic (exact) mass is 382 g/mol. The number of fused-ring (bicyclic) bond motifs is 1. The summed E-state index contributed by atoms with van der Waals surface area (Å²) in [6.07, 6.45) is 3.45. The summed E-state index contributed by atoms with van der Waals surface area (Å²) in [7, 11) is -1.55. The Balaban J connectivity index is 1.54. The molecule has 144 valence electrons. The van der Waals surface area contributed by atoms with E-state index in [1.54, 1.807) is 7.11 Å². The average molecular weight is 382 g/mol. The van der Waals surface area contributed by atoms with Gasteiger partial charge in [-0.15, -0.1) is 0 Å². The van der Waals surface area contributed by atoms with Crippen molar-refractivity contribution in [3.8, 4) is 11.5 Å². The molecule has 0 aromatic heterocycles. The molecule has 0 radical (unpaired) electrons. The summed E-state index contributed by atoms with van der Waals surface area (Å²) < 4.78 is 36.1. The third-order valence-corrected chi connectivity index (χ3v) is 5.78. The molecule has 1 N–H and O–H groups in total. The first-order valence-electron chi connectivity index (χ1n) is 8.89. The average Bonchev–Trinajstić information content (AvgIpc) is 2.64. The van der Waals surface area contributed by atoms with E-state index in [9.17, 15) is 13.2 Å². The van der Waals surface area contributed by atoms with Gasteiger partial charge in [-0.25, -0.2) is 13.1 Å². The Hall–Kier alpha value is -1.80. The Morgan fingerprint density at radius 1 is 1.35 bits per heavy atom. The van der Waals surface area contributed by atoms with E-state index in [-0.39, 0.29) is 17.7 Å². The van der Waals surface area contributed by atoms with Crippen LogP contribution in [0.25, 0.3) is 0 Å². The molecule has 1 aromatic carbocycles. The second-order valence-electron chi connectivity index (χ2n) is 7.05. The van der Waals surface area contributed by atoms with Crippen LogP contribution in [-0.4, -0.2) is 58.8 Å². The van der Waals surface area contributed by atoms with Crippen LogP contribution in [0.3, 0.4) is 0 Å². The normalized spacial score (nSPS) is 21.0. The summed E-state index contributed by atoms with van der Waals surface area (Å²) >= 11 is 0. The van der Waals surface area contributed by atoms with Crippen LogP contribution in [0.4, 0.5) is 0 Å². The molecule has 0 bridgehead atoms. The van der Waals surface area contributed by atoms with Crippen LogP contribution >= 0.6 is 0 Å². The Bertz CT molecular complexity index is 757. The number of benzene rings is 1. The topological polar surface area (TPSA) is 84.9 Å². The number of ether oxygens (including phenoxy) is 2. The highest BCUT2D eigenvalue weighted by Crippen LogP contribution is 2.36. The predicted octanol–water partition coefficient (Wildman–Crippen LogP) is 1.03. The van der Waals surface area contributed by atoms with Crippen molar-refractivity contribution in [1.82, 2.24) is 9.62 Å². The van der Waals surface area contributed by atoms with Crippen LogP contribution in [0.1, 0.15) is 18.4 Å². The number of nitrogens with zero attached hydrogens (tertiary/aromatic N) is 1. The van der Waals surface area contributed by atoms with E-state index in [1.165, 1.54) is 6.26 Å². The molecule has 1 fully saturated rings. The fourth-order valence-electron chi connectivity index (χ4n) is 3.60. The van der Waals surface area contributed by atoms with Crippen LogP contribution in [0.5, 0.6) is 11.5 Å². The third kappa shape index (κ3) is 4.48. The molecule has 3 rings (SSSR count). The van der Waals surface area contributed by atoms with E-state index in [4.69, 9.17) is 9.47 Å². The van der Waals surface area contributed by atoms with Gasteiger partial charge in [0.2, 0.25) is 15.9 Å². The maximum Gasteiger partial charge on any atom is 0.229 e. The van der Waals surface area contributed by atoms with Crippen molar-refractivity contribution < 1.29 is 22.7 Å². The molecule has 8 heteroatoms. The second-order valence-corrected chi connectivity index (χ2v) is 8.88. The number of amides is 1. The number of carbonyl (C=O) groups excluding carboxylic acids is 1. The van der Waals surface area contributed by atoms with Gasteiger partial charge in [0, 0.05) is 19.6 Å². The van der Waals surface area contributed by atoms with Crippen LogP contribution in [0, 0.1) is 11.8 Å². The van der Waals surface area contributed by atoms with Crippen LogP contribution in [0.2, 0.25) is 0 Å². The highest BCUT2D eigenvalue weighted by atomic mass is 32.2. The van der Waals surface area contributed by atoms with E-state index in [2.05, 4.69) is 4.72 Å². The summed E-state index contributed by atoms with van der Waals surface area (Å²) in [6.45, 7) is 2.13. The summed E-state index contributed by atoms with van der Waals surface area (Å²) in [5, 5.41) is 0. The number of sulfonamides is 1. The van der Waals surface area contributed by atoms with Crippen LogP contribution in [0.15, 0.2) is 18.2 Å². The lowest BCUT2D eigenvalue weighted by Crippen LogP contribution is -2.46. The van der Waals surface area contributed by atoms with E-state index in [1.807, 2.05) is 23.1 Å². The second kappa shape index (κ2) is 7.84. The minimum absolute atomic E-state index is 0.119. The van der Waals surface area contributed by atoms with Crippen molar-refractivity contribution in [3.63, 3.8) is 0 Å². The van der Waals surface area contributed by atoms with Gasteiger partial charge in [-0.05, 0) is 36.8 Å². The zero-order valence-corrected chi connectivity index (χ0v) is 16.0. The number of nitrogens with one attached hydrogen (secondary N) is 1. The molecule has 0 spiro atoms. The molecule has 1 unspecified atom stereocenters. The maximum atomic E-state index is 12.8. The lowest BCUT2D eigenvalue weighted by Gasteiger charge is -2.35. The number of piperidine rings is 1. The lowest BCUT2D eigenvalue weighted by atomic mass is 9.92. The summed E-state index contributed by atoms with van der Waals surface area (Å²) in [5.41, 5.74) is 1.00. The molecule has 0 saturated carbocycles. The zero-order valence-electron chi connectivity index (χ0n) is 15.2. The molecule has 26 heavy (non-hydrogen) atoms. The van der Waals surface area contributed by atoms with Crippen molar-refractivity contribution in [3.05, 3.63) is 23.8 Å². The number of para-hydroxylation sites is 1. The molecular weight excluding hydrogens is 356 g/mol. The molecule has 2 aliphatic heterocycles. The van der Waals surface area contributed by atoms with Crippen LogP contribution < -0.4 is 14.2 Å². The first-order valence-corrected chi connectivity index (χ1v) is 10.8. The fraction of sp³-hybridized carbons (Fsp3) is 0.611. The van der Waals surface area contributed by atoms with Gasteiger partial charge in [-0.1, -0.05) is 12.1 Å². The summed E-state index contributed by atoms with van der Waals surface area (Å²) in [5.74, 6) is 1.66. The number of methoxy groups -OCH3 is 1. The number of rotatable bonds is 5. The van der Waals surface area contributed by atoms with E-state index >= 15 is 0 Å². The van der Waals surface area contributed by atoms with Crippen molar-refractivity contribution in [2.45, 2.75) is 19.3 Å². The Kier molecular flexibility index (Phi) is 5.72.